The number of aromatic nitrogens is 1. The Labute approximate surface area is 134 Å². The lowest BCUT2D eigenvalue weighted by atomic mass is 10.1. The zero-order valence-corrected chi connectivity index (χ0v) is 12.6. The van der Waals surface area contributed by atoms with E-state index in [9.17, 15) is 23.3 Å². The summed E-state index contributed by atoms with van der Waals surface area (Å²) in [5.74, 6) is 0. The molecule has 1 aromatic carbocycles. The first-order valence-corrected chi connectivity index (χ1v) is 6.73. The third kappa shape index (κ3) is 3.89. The Hall–Kier alpha value is -2.35. The lowest BCUT2D eigenvalue weighted by Gasteiger charge is -2.20. The molecule has 0 radical (unpaired) electrons. The Bertz CT molecular complexity index is 723. The number of anilines is 1. The zero-order chi connectivity index (χ0) is 17.2. The Balaban J connectivity index is 2.45. The molecule has 0 aliphatic heterocycles. The minimum absolute atomic E-state index is 0.00446. The van der Waals surface area contributed by atoms with E-state index >= 15 is 0 Å². The van der Waals surface area contributed by atoms with E-state index in [1.807, 2.05) is 0 Å². The van der Waals surface area contributed by atoms with Crippen LogP contribution in [-0.4, -0.2) is 17.0 Å². The SMILES string of the molecule is CN(Cc1ccncc1)c1cc(Cl)c(C(F)(F)F)cc1[N+](=O)[O-]. The van der Waals surface area contributed by atoms with E-state index in [1.165, 1.54) is 11.9 Å². The molecule has 0 amide bonds. The van der Waals surface area contributed by atoms with Crippen LogP contribution in [0.25, 0.3) is 0 Å². The number of nitrogens with zero attached hydrogens (tertiary/aromatic N) is 3. The summed E-state index contributed by atoms with van der Waals surface area (Å²) in [6.07, 6.45) is -1.65. The van der Waals surface area contributed by atoms with Crippen molar-refractivity contribution in [3.05, 3.63) is 62.9 Å². The normalized spacial score (nSPS) is 11.3. The average molecular weight is 346 g/mol. The number of nitro benzene ring substituents is 1. The molecule has 0 saturated heterocycles. The van der Waals surface area contributed by atoms with Crippen LogP contribution in [0.4, 0.5) is 24.5 Å². The summed E-state index contributed by atoms with van der Waals surface area (Å²) in [7, 11) is 1.53. The monoisotopic (exact) mass is 345 g/mol. The maximum Gasteiger partial charge on any atom is 0.418 e. The second kappa shape index (κ2) is 6.41. The van der Waals surface area contributed by atoms with Gasteiger partial charge in [-0.05, 0) is 23.8 Å². The Morgan fingerprint density at radius 1 is 1.30 bits per heavy atom. The smallest absolute Gasteiger partial charge is 0.365 e. The molecule has 0 spiro atoms. The maximum absolute atomic E-state index is 12.8. The van der Waals surface area contributed by atoms with E-state index in [1.54, 1.807) is 24.5 Å². The van der Waals surface area contributed by atoms with Gasteiger partial charge in [-0.3, -0.25) is 15.1 Å². The Kier molecular flexibility index (Phi) is 4.74. The van der Waals surface area contributed by atoms with Gasteiger partial charge in [0.05, 0.1) is 15.5 Å². The Morgan fingerprint density at radius 3 is 2.43 bits per heavy atom. The first kappa shape index (κ1) is 17.0. The molecule has 0 unspecified atom stereocenters. The molecule has 1 heterocycles. The fraction of sp³-hybridized carbons (Fsp3) is 0.214. The van der Waals surface area contributed by atoms with Gasteiger partial charge >= 0.3 is 6.18 Å². The van der Waals surface area contributed by atoms with E-state index in [4.69, 9.17) is 11.6 Å². The molecule has 9 heteroatoms. The molecule has 0 atom stereocenters. The second-order valence-corrected chi connectivity index (χ2v) is 5.19. The molecular formula is C14H11ClF3N3O2. The molecule has 122 valence electrons. The first-order chi connectivity index (χ1) is 10.7. The standard InChI is InChI=1S/C14H11ClF3N3O2/c1-20(8-9-2-4-19-5-3-9)12-7-11(15)10(14(16,17)18)6-13(12)21(22)23/h2-7H,8H2,1H3. The van der Waals surface area contributed by atoms with Crippen LogP contribution in [0.15, 0.2) is 36.7 Å². The fourth-order valence-corrected chi connectivity index (χ4v) is 2.33. The van der Waals surface area contributed by atoms with Crippen molar-refractivity contribution in [2.75, 3.05) is 11.9 Å². The van der Waals surface area contributed by atoms with Crippen LogP contribution >= 0.6 is 11.6 Å². The van der Waals surface area contributed by atoms with Gasteiger partial charge in [-0.2, -0.15) is 13.2 Å². The van der Waals surface area contributed by atoms with Gasteiger partial charge < -0.3 is 4.90 Å². The van der Waals surface area contributed by atoms with Gasteiger partial charge in [0, 0.05) is 32.1 Å². The van der Waals surface area contributed by atoms with Crippen molar-refractivity contribution in [2.24, 2.45) is 0 Å². The molecule has 0 bridgehead atoms. The van der Waals surface area contributed by atoms with Crippen molar-refractivity contribution >= 4 is 23.0 Å². The van der Waals surface area contributed by atoms with Gasteiger partial charge in [0.15, 0.2) is 0 Å². The highest BCUT2D eigenvalue weighted by Crippen LogP contribution is 2.41. The summed E-state index contributed by atoms with van der Waals surface area (Å²) in [5, 5.41) is 10.5. The van der Waals surface area contributed by atoms with Crippen LogP contribution in [0.3, 0.4) is 0 Å². The van der Waals surface area contributed by atoms with Crippen LogP contribution in [0, 0.1) is 10.1 Å². The third-order valence-electron chi connectivity index (χ3n) is 3.15. The minimum atomic E-state index is -4.76. The summed E-state index contributed by atoms with van der Waals surface area (Å²) in [4.78, 5) is 15.6. The number of benzene rings is 1. The van der Waals surface area contributed by atoms with Crippen LogP contribution < -0.4 is 4.90 Å². The van der Waals surface area contributed by atoms with Gasteiger partial charge in [0.2, 0.25) is 0 Å². The van der Waals surface area contributed by atoms with Crippen LogP contribution in [0.5, 0.6) is 0 Å². The van der Waals surface area contributed by atoms with Gasteiger partial charge in [0.1, 0.15) is 5.69 Å². The van der Waals surface area contributed by atoms with Crippen molar-refractivity contribution in [1.82, 2.24) is 4.98 Å². The van der Waals surface area contributed by atoms with E-state index in [-0.39, 0.29) is 12.2 Å². The van der Waals surface area contributed by atoms with Gasteiger partial charge in [0.25, 0.3) is 5.69 Å². The number of pyridine rings is 1. The highest BCUT2D eigenvalue weighted by molar-refractivity contribution is 6.31. The van der Waals surface area contributed by atoms with E-state index in [2.05, 4.69) is 4.98 Å². The van der Waals surface area contributed by atoms with Crippen molar-refractivity contribution in [3.8, 4) is 0 Å². The summed E-state index contributed by atoms with van der Waals surface area (Å²) < 4.78 is 38.5. The number of alkyl halides is 3. The van der Waals surface area contributed by atoms with Gasteiger partial charge in [-0.15, -0.1) is 0 Å². The highest BCUT2D eigenvalue weighted by atomic mass is 35.5. The molecule has 1 aromatic heterocycles. The topological polar surface area (TPSA) is 59.3 Å². The summed E-state index contributed by atoms with van der Waals surface area (Å²) in [6.45, 7) is 0.255. The molecule has 0 saturated carbocycles. The third-order valence-corrected chi connectivity index (χ3v) is 3.46. The van der Waals surface area contributed by atoms with E-state index in [0.717, 1.165) is 11.6 Å². The maximum atomic E-state index is 12.8. The van der Waals surface area contributed by atoms with Crippen LogP contribution in [-0.2, 0) is 12.7 Å². The fourth-order valence-electron chi connectivity index (χ4n) is 2.07. The predicted molar refractivity (Wildman–Crippen MR) is 79.5 cm³/mol. The molecule has 0 fully saturated rings. The quantitative estimate of drug-likeness (QED) is 0.612. The molecule has 23 heavy (non-hydrogen) atoms. The summed E-state index contributed by atoms with van der Waals surface area (Å²) >= 11 is 5.66. The second-order valence-electron chi connectivity index (χ2n) is 4.79. The number of hydrogen-bond acceptors (Lipinski definition) is 4. The van der Waals surface area contributed by atoms with Crippen molar-refractivity contribution in [3.63, 3.8) is 0 Å². The summed E-state index contributed by atoms with van der Waals surface area (Å²) in [5.41, 5.74) is -1.08. The van der Waals surface area contributed by atoms with Gasteiger partial charge in [-0.1, -0.05) is 11.6 Å². The van der Waals surface area contributed by atoms with Crippen molar-refractivity contribution < 1.29 is 18.1 Å². The Morgan fingerprint density at radius 2 is 1.91 bits per heavy atom. The molecule has 2 aromatic rings. The highest BCUT2D eigenvalue weighted by Gasteiger charge is 2.36. The number of halogens is 4. The van der Waals surface area contributed by atoms with E-state index < -0.39 is 27.4 Å². The van der Waals surface area contributed by atoms with Gasteiger partial charge in [-0.25, -0.2) is 0 Å². The number of hydrogen-bond donors (Lipinski definition) is 0. The zero-order valence-electron chi connectivity index (χ0n) is 11.8. The van der Waals surface area contributed by atoms with E-state index in [0.29, 0.717) is 6.07 Å². The molecule has 0 aliphatic rings. The first-order valence-electron chi connectivity index (χ1n) is 6.35. The van der Waals surface area contributed by atoms with Crippen molar-refractivity contribution in [1.29, 1.82) is 0 Å². The lowest BCUT2D eigenvalue weighted by molar-refractivity contribution is -0.384. The number of nitro groups is 1. The van der Waals surface area contributed by atoms with Crippen LogP contribution in [0.2, 0.25) is 5.02 Å². The number of rotatable bonds is 4. The molecule has 2 rings (SSSR count). The lowest BCUT2D eigenvalue weighted by Crippen LogP contribution is -2.18. The molecule has 0 N–H and O–H groups in total. The van der Waals surface area contributed by atoms with Crippen molar-refractivity contribution in [2.45, 2.75) is 12.7 Å². The average Bonchev–Trinajstić information content (AvgIpc) is 2.46. The summed E-state index contributed by atoms with van der Waals surface area (Å²) in [6, 6.07) is 4.83. The largest absolute Gasteiger partial charge is 0.418 e. The minimum Gasteiger partial charge on any atom is -0.365 e. The molecular weight excluding hydrogens is 335 g/mol. The molecule has 0 aliphatic carbocycles. The predicted octanol–water partition coefficient (Wildman–Crippen LogP) is 4.30. The molecule has 5 nitrogen and oxygen atoms in total. The van der Waals surface area contributed by atoms with Crippen LogP contribution in [0.1, 0.15) is 11.1 Å².